The van der Waals surface area contributed by atoms with Crippen LogP contribution in [0.25, 0.3) is 22.6 Å². The summed E-state index contributed by atoms with van der Waals surface area (Å²) in [6.45, 7) is 14.1. The Balaban J connectivity index is 1.75. The zero-order valence-electron chi connectivity index (χ0n) is 19.1. The number of benzene rings is 1. The minimum atomic E-state index is -1.37. The molecule has 2 unspecified atom stereocenters. The van der Waals surface area contributed by atoms with Gasteiger partial charge in [0.2, 0.25) is 0 Å². The first-order chi connectivity index (χ1) is 14.2. The highest BCUT2D eigenvalue weighted by molar-refractivity contribution is 6.83. The summed E-state index contributed by atoms with van der Waals surface area (Å²) in [5.74, 6) is 1.14. The van der Waals surface area contributed by atoms with Crippen LogP contribution in [0.5, 0.6) is 0 Å². The van der Waals surface area contributed by atoms with Gasteiger partial charge in [0, 0.05) is 33.8 Å². The standard InChI is InChI=1S/C28H32OSi/c1-7-20(30(4,5)6)13-12-19-18-27(2)16-17-28(27,3)23-15-14-22-21-10-8-9-11-24(21)29-26(22)25(19)23/h7-8,10,12-18H,9,11H2,1-6H3/b13-12-,20-7+. The third kappa shape index (κ3) is 2.59. The third-order valence-corrected chi connectivity index (χ3v) is 9.79. The average molecular weight is 413 g/mol. The van der Waals surface area contributed by atoms with Crippen LogP contribution < -0.4 is 0 Å². The molecule has 1 aromatic carbocycles. The van der Waals surface area contributed by atoms with Gasteiger partial charge in [-0.15, -0.1) is 0 Å². The molecule has 0 fully saturated rings. The third-order valence-electron chi connectivity index (χ3n) is 7.60. The number of hydrogen-bond donors (Lipinski definition) is 0. The topological polar surface area (TPSA) is 13.1 Å². The molecule has 0 radical (unpaired) electrons. The highest BCUT2D eigenvalue weighted by Crippen LogP contribution is 2.59. The van der Waals surface area contributed by atoms with Crippen LogP contribution in [0.4, 0.5) is 0 Å². The highest BCUT2D eigenvalue weighted by Gasteiger charge is 2.51. The number of furan rings is 1. The lowest BCUT2D eigenvalue weighted by Crippen LogP contribution is -2.46. The Hall–Kier alpha value is -2.32. The van der Waals surface area contributed by atoms with Crippen molar-refractivity contribution in [2.75, 3.05) is 0 Å². The summed E-state index contributed by atoms with van der Waals surface area (Å²) >= 11 is 0. The van der Waals surface area contributed by atoms with E-state index in [4.69, 9.17) is 4.42 Å². The molecule has 3 aliphatic rings. The van der Waals surface area contributed by atoms with Gasteiger partial charge in [0.05, 0.1) is 8.07 Å². The first-order valence-corrected chi connectivity index (χ1v) is 14.7. The summed E-state index contributed by atoms with van der Waals surface area (Å²) in [7, 11) is -1.37. The van der Waals surface area contributed by atoms with Crippen LogP contribution in [-0.2, 0) is 11.8 Å². The Morgan fingerprint density at radius 3 is 2.60 bits per heavy atom. The second-order valence-electron chi connectivity index (χ2n) is 10.5. The minimum absolute atomic E-state index is 0.0270. The predicted octanol–water partition coefficient (Wildman–Crippen LogP) is 8.00. The number of allylic oxidation sites excluding steroid dienone is 9. The van der Waals surface area contributed by atoms with E-state index in [2.05, 4.69) is 101 Å². The summed E-state index contributed by atoms with van der Waals surface area (Å²) in [6.07, 6.45) is 20.8. The van der Waals surface area contributed by atoms with Gasteiger partial charge in [-0.1, -0.05) is 99.4 Å². The molecule has 2 heteroatoms. The van der Waals surface area contributed by atoms with Gasteiger partial charge in [0.1, 0.15) is 11.3 Å². The quantitative estimate of drug-likeness (QED) is 0.283. The Morgan fingerprint density at radius 2 is 1.93 bits per heavy atom. The van der Waals surface area contributed by atoms with Gasteiger partial charge in [0.15, 0.2) is 0 Å². The van der Waals surface area contributed by atoms with Crippen LogP contribution in [0.15, 0.2) is 64.3 Å². The van der Waals surface area contributed by atoms with Crippen molar-refractivity contribution >= 4 is 30.7 Å². The smallest absolute Gasteiger partial charge is 0.143 e. The molecule has 2 aromatic rings. The lowest BCUT2D eigenvalue weighted by Gasteiger charge is -2.52. The fraction of sp³-hybridized carbons (Fsp3) is 0.357. The molecule has 0 aliphatic heterocycles. The zero-order chi connectivity index (χ0) is 21.3. The molecule has 0 amide bonds. The predicted molar refractivity (Wildman–Crippen MR) is 132 cm³/mol. The second-order valence-corrected chi connectivity index (χ2v) is 15.6. The molecule has 2 atom stereocenters. The number of aryl methyl sites for hydroxylation is 1. The van der Waals surface area contributed by atoms with Crippen LogP contribution in [0, 0.1) is 5.41 Å². The maximum atomic E-state index is 6.55. The number of fused-ring (bicyclic) bond motifs is 7. The molecule has 5 rings (SSSR count). The van der Waals surface area contributed by atoms with E-state index in [-0.39, 0.29) is 10.8 Å². The van der Waals surface area contributed by atoms with Gasteiger partial charge in [-0.3, -0.25) is 0 Å². The van der Waals surface area contributed by atoms with Gasteiger partial charge in [-0.25, -0.2) is 0 Å². The van der Waals surface area contributed by atoms with E-state index < -0.39 is 8.07 Å². The van der Waals surface area contributed by atoms with Crippen molar-refractivity contribution in [3.8, 4) is 0 Å². The molecule has 1 aromatic heterocycles. The summed E-state index contributed by atoms with van der Waals surface area (Å²) in [6, 6.07) is 4.64. The van der Waals surface area contributed by atoms with Crippen LogP contribution in [-0.4, -0.2) is 8.07 Å². The molecule has 1 nitrogen and oxygen atoms in total. The number of hydrogen-bond acceptors (Lipinski definition) is 1. The maximum Gasteiger partial charge on any atom is 0.143 e. The van der Waals surface area contributed by atoms with E-state index in [0.717, 1.165) is 24.2 Å². The Labute approximate surface area is 181 Å². The fourth-order valence-electron chi connectivity index (χ4n) is 5.39. The molecule has 0 spiro atoms. The van der Waals surface area contributed by atoms with Crippen LogP contribution in [0.2, 0.25) is 19.6 Å². The molecule has 30 heavy (non-hydrogen) atoms. The zero-order valence-corrected chi connectivity index (χ0v) is 20.1. The Bertz CT molecular complexity index is 1210. The fourth-order valence-corrected chi connectivity index (χ4v) is 6.84. The van der Waals surface area contributed by atoms with E-state index in [0.29, 0.717) is 0 Å². The first-order valence-electron chi connectivity index (χ1n) is 11.2. The summed E-state index contributed by atoms with van der Waals surface area (Å²) in [5, 5.41) is 2.74. The number of rotatable bonds is 3. The summed E-state index contributed by atoms with van der Waals surface area (Å²) in [4.78, 5) is 0. The normalized spacial score (nSPS) is 27.7. The van der Waals surface area contributed by atoms with E-state index in [9.17, 15) is 0 Å². The summed E-state index contributed by atoms with van der Waals surface area (Å²) in [5.41, 5.74) is 6.41. The van der Waals surface area contributed by atoms with Gasteiger partial charge < -0.3 is 4.42 Å². The molecule has 0 saturated carbocycles. The van der Waals surface area contributed by atoms with Crippen LogP contribution >= 0.6 is 0 Å². The molecule has 0 saturated heterocycles. The van der Waals surface area contributed by atoms with Gasteiger partial charge in [-0.2, -0.15) is 0 Å². The lowest BCUT2D eigenvalue weighted by molar-refractivity contribution is 0.299. The van der Waals surface area contributed by atoms with Crippen molar-refractivity contribution in [1.29, 1.82) is 0 Å². The van der Waals surface area contributed by atoms with Gasteiger partial charge in [0.25, 0.3) is 0 Å². The van der Waals surface area contributed by atoms with E-state index in [1.165, 1.54) is 32.8 Å². The van der Waals surface area contributed by atoms with Crippen LogP contribution in [0.1, 0.15) is 49.6 Å². The van der Waals surface area contributed by atoms with Crippen LogP contribution in [0.3, 0.4) is 0 Å². The molecule has 3 aliphatic carbocycles. The molecular weight excluding hydrogens is 380 g/mol. The molecule has 1 heterocycles. The Morgan fingerprint density at radius 1 is 1.13 bits per heavy atom. The van der Waals surface area contributed by atoms with Crippen molar-refractivity contribution in [3.05, 3.63) is 82.3 Å². The van der Waals surface area contributed by atoms with E-state index in [1.54, 1.807) is 0 Å². The van der Waals surface area contributed by atoms with Crippen molar-refractivity contribution in [3.63, 3.8) is 0 Å². The largest absolute Gasteiger partial charge is 0.460 e. The molecule has 0 bridgehead atoms. The molecular formula is C28H32OSi. The van der Waals surface area contributed by atoms with Crippen molar-refractivity contribution < 1.29 is 4.42 Å². The van der Waals surface area contributed by atoms with Crippen molar-refractivity contribution in [1.82, 2.24) is 0 Å². The minimum Gasteiger partial charge on any atom is -0.460 e. The molecule has 0 N–H and O–H groups in total. The summed E-state index contributed by atoms with van der Waals surface area (Å²) < 4.78 is 6.55. The van der Waals surface area contributed by atoms with Gasteiger partial charge in [-0.05, 0) is 24.5 Å². The SMILES string of the molecule is C/C=C(\C=C/C1=CC2(C)C=CC2(C)c2ccc3c4c(oc3c21)CCC=C4)[Si](C)(C)C. The second kappa shape index (κ2) is 6.34. The van der Waals surface area contributed by atoms with E-state index >= 15 is 0 Å². The molecule has 154 valence electrons. The van der Waals surface area contributed by atoms with Crippen molar-refractivity contribution in [2.45, 2.75) is 58.7 Å². The average Bonchev–Trinajstić information content (AvgIpc) is 3.08. The maximum absolute atomic E-state index is 6.55. The first kappa shape index (κ1) is 19.6. The van der Waals surface area contributed by atoms with Gasteiger partial charge >= 0.3 is 0 Å². The highest BCUT2D eigenvalue weighted by atomic mass is 28.3. The Kier molecular flexibility index (Phi) is 4.15. The monoisotopic (exact) mass is 412 g/mol. The van der Waals surface area contributed by atoms with Crippen molar-refractivity contribution in [2.24, 2.45) is 5.41 Å². The lowest BCUT2D eigenvalue weighted by atomic mass is 9.50. The van der Waals surface area contributed by atoms with E-state index in [1.807, 2.05) is 0 Å².